The summed E-state index contributed by atoms with van der Waals surface area (Å²) in [6.45, 7) is 0.311. The van der Waals surface area contributed by atoms with Gasteiger partial charge in [0.2, 0.25) is 0 Å². The van der Waals surface area contributed by atoms with Gasteiger partial charge in [-0.1, -0.05) is 36.4 Å². The molecule has 1 saturated heterocycles. The largest absolute Gasteiger partial charge is 0.383 e. The fourth-order valence-corrected chi connectivity index (χ4v) is 5.46. The zero-order chi connectivity index (χ0) is 22.7. The summed E-state index contributed by atoms with van der Waals surface area (Å²) in [5, 5.41) is 2.73. The Morgan fingerprint density at radius 1 is 1.12 bits per heavy atom. The number of halogens is 1. The van der Waals surface area contributed by atoms with E-state index in [0.29, 0.717) is 42.0 Å². The summed E-state index contributed by atoms with van der Waals surface area (Å²) in [6.07, 6.45) is 3.01. The Balaban J connectivity index is 1.51. The first kappa shape index (κ1) is 22.3. The van der Waals surface area contributed by atoms with Gasteiger partial charge in [-0.2, -0.15) is 10.6 Å². The van der Waals surface area contributed by atoms with Crippen LogP contribution in [-0.2, 0) is 6.54 Å². The minimum absolute atomic E-state index is 0.0372. The molecule has 0 bridgehead atoms. The van der Waals surface area contributed by atoms with Crippen LogP contribution in [0.2, 0.25) is 0 Å². The maximum absolute atomic E-state index is 14.8. The molecule has 0 atom stereocenters. The van der Waals surface area contributed by atoms with Gasteiger partial charge in [-0.05, 0) is 53.6 Å². The molecule has 3 aromatic rings. The average molecular weight is 456 g/mol. The lowest BCUT2D eigenvalue weighted by Crippen LogP contribution is -2.23. The van der Waals surface area contributed by atoms with Gasteiger partial charge in [-0.25, -0.2) is 9.37 Å². The van der Waals surface area contributed by atoms with Crippen LogP contribution >= 0.6 is 10.6 Å². The summed E-state index contributed by atoms with van der Waals surface area (Å²) in [4.78, 5) is 16.7. The second kappa shape index (κ2) is 9.28. The van der Waals surface area contributed by atoms with Crippen LogP contribution in [0.15, 0.2) is 60.8 Å². The highest BCUT2D eigenvalue weighted by Gasteiger charge is 2.26. The van der Waals surface area contributed by atoms with E-state index < -0.39 is 22.3 Å². The third kappa shape index (κ3) is 5.09. The molecule has 1 fully saturated rings. The van der Waals surface area contributed by atoms with Crippen LogP contribution in [0.25, 0.3) is 11.1 Å². The predicted molar refractivity (Wildman–Crippen MR) is 126 cm³/mol. The number of hydrogen-bond acceptors (Lipinski definition) is 5. The van der Waals surface area contributed by atoms with E-state index in [9.17, 15) is 18.3 Å². The number of rotatable bonds is 5. The molecule has 1 aliphatic heterocycles. The van der Waals surface area contributed by atoms with Gasteiger partial charge in [0.15, 0.2) is 0 Å². The normalized spacial score (nSPS) is 17.0. The second-order valence-electron chi connectivity index (χ2n) is 8.05. The number of nitrogens with two attached hydrogens (primary N) is 1. The molecular formula is C24H26FN3O3S. The van der Waals surface area contributed by atoms with Gasteiger partial charge >= 0.3 is 0 Å². The molecule has 0 aliphatic carbocycles. The first-order chi connectivity index (χ1) is 15.3. The number of nitrogens with zero attached hydrogens (tertiary/aromatic N) is 1. The van der Waals surface area contributed by atoms with Crippen molar-refractivity contribution in [1.82, 2.24) is 10.3 Å². The summed E-state index contributed by atoms with van der Waals surface area (Å²) < 4.78 is 34.5. The van der Waals surface area contributed by atoms with Crippen LogP contribution in [0.3, 0.4) is 0 Å². The highest BCUT2D eigenvalue weighted by Crippen LogP contribution is 2.48. The summed E-state index contributed by atoms with van der Waals surface area (Å²) in [6, 6.07) is 15.7. The first-order valence-corrected chi connectivity index (χ1v) is 12.3. The number of hydrogen-bond donors (Lipinski definition) is 4. The standard InChI is InChI=1S/C24H26FN3O3S/c25-22-13-18(6-7-20(22)24(29)28-14-16-4-2-1-3-5-16)21-12-19(15-27-23(21)26)17-8-10-32(30,31)11-9-17/h1-7,12-13,15,17,30-31H,8-11,14H2,(H2,26,27)(H,28,29). The Labute approximate surface area is 188 Å². The molecule has 2 aromatic carbocycles. The SMILES string of the molecule is Nc1ncc(C2CCS(O)(O)CC2)cc1-c1ccc(C(=O)NCc2ccccc2)c(F)c1. The van der Waals surface area contributed by atoms with Crippen molar-refractivity contribution in [2.75, 3.05) is 17.2 Å². The van der Waals surface area contributed by atoms with Crippen molar-refractivity contribution in [3.63, 3.8) is 0 Å². The highest BCUT2D eigenvalue weighted by molar-refractivity contribution is 8.24. The number of amides is 1. The topological polar surface area (TPSA) is 108 Å². The third-order valence-corrected chi connectivity index (χ3v) is 7.60. The molecule has 0 radical (unpaired) electrons. The molecule has 1 aliphatic rings. The van der Waals surface area contributed by atoms with Gasteiger partial charge in [0.1, 0.15) is 11.6 Å². The molecule has 2 heterocycles. The summed E-state index contributed by atoms with van der Waals surface area (Å²) in [5.41, 5.74) is 9.02. The molecule has 1 amide bonds. The third-order valence-electron chi connectivity index (χ3n) is 5.82. The molecule has 4 rings (SSSR count). The Morgan fingerprint density at radius 3 is 2.53 bits per heavy atom. The Kier molecular flexibility index (Phi) is 6.45. The molecular weight excluding hydrogens is 429 g/mol. The zero-order valence-electron chi connectivity index (χ0n) is 17.5. The minimum Gasteiger partial charge on any atom is -0.383 e. The van der Waals surface area contributed by atoms with E-state index in [1.54, 1.807) is 12.3 Å². The van der Waals surface area contributed by atoms with Crippen LogP contribution in [0, 0.1) is 5.82 Å². The van der Waals surface area contributed by atoms with Crippen LogP contribution in [0.4, 0.5) is 10.2 Å². The lowest BCUT2D eigenvalue weighted by molar-refractivity contribution is 0.0947. The molecule has 0 saturated carbocycles. The van der Waals surface area contributed by atoms with E-state index >= 15 is 0 Å². The number of aromatic nitrogens is 1. The highest BCUT2D eigenvalue weighted by atomic mass is 32.3. The number of benzene rings is 2. The van der Waals surface area contributed by atoms with E-state index in [-0.39, 0.29) is 17.3 Å². The first-order valence-electron chi connectivity index (χ1n) is 10.4. The number of anilines is 1. The van der Waals surface area contributed by atoms with Crippen molar-refractivity contribution in [3.8, 4) is 11.1 Å². The quantitative estimate of drug-likeness (QED) is 0.432. The number of nitrogens with one attached hydrogen (secondary N) is 1. The van der Waals surface area contributed by atoms with Gasteiger partial charge in [-0.3, -0.25) is 13.9 Å². The van der Waals surface area contributed by atoms with Crippen LogP contribution in [0.1, 0.15) is 40.2 Å². The number of pyridine rings is 1. The summed E-state index contributed by atoms with van der Waals surface area (Å²) >= 11 is 0. The second-order valence-corrected chi connectivity index (χ2v) is 10.5. The molecule has 1 aromatic heterocycles. The molecule has 6 nitrogen and oxygen atoms in total. The smallest absolute Gasteiger partial charge is 0.254 e. The minimum atomic E-state index is -2.47. The maximum Gasteiger partial charge on any atom is 0.254 e. The lowest BCUT2D eigenvalue weighted by atomic mass is 9.92. The van der Waals surface area contributed by atoms with E-state index in [0.717, 1.165) is 11.1 Å². The monoisotopic (exact) mass is 455 g/mol. The Morgan fingerprint density at radius 2 is 1.84 bits per heavy atom. The van der Waals surface area contributed by atoms with Crippen molar-refractivity contribution < 1.29 is 18.3 Å². The maximum atomic E-state index is 14.8. The molecule has 168 valence electrons. The summed E-state index contributed by atoms with van der Waals surface area (Å²) in [7, 11) is -2.47. The van der Waals surface area contributed by atoms with Crippen LogP contribution in [-0.4, -0.2) is 31.5 Å². The van der Waals surface area contributed by atoms with E-state index in [4.69, 9.17) is 5.73 Å². The van der Waals surface area contributed by atoms with Crippen LogP contribution in [0.5, 0.6) is 0 Å². The fourth-order valence-electron chi connectivity index (χ4n) is 3.93. The molecule has 0 spiro atoms. The van der Waals surface area contributed by atoms with Crippen molar-refractivity contribution in [1.29, 1.82) is 0 Å². The van der Waals surface area contributed by atoms with Gasteiger partial charge in [0, 0.05) is 29.8 Å². The zero-order valence-corrected chi connectivity index (χ0v) is 18.3. The number of nitrogen functional groups attached to an aromatic ring is 1. The van der Waals surface area contributed by atoms with Crippen molar-refractivity contribution in [2.24, 2.45) is 0 Å². The average Bonchev–Trinajstić information content (AvgIpc) is 2.78. The molecule has 5 N–H and O–H groups in total. The van der Waals surface area contributed by atoms with E-state index in [1.807, 2.05) is 36.4 Å². The molecule has 8 heteroatoms. The number of carbonyl (C=O) groups is 1. The van der Waals surface area contributed by atoms with Crippen molar-refractivity contribution >= 4 is 22.3 Å². The van der Waals surface area contributed by atoms with E-state index in [1.165, 1.54) is 12.1 Å². The van der Waals surface area contributed by atoms with Crippen LogP contribution < -0.4 is 11.1 Å². The van der Waals surface area contributed by atoms with Gasteiger partial charge < -0.3 is 11.1 Å². The lowest BCUT2D eigenvalue weighted by Gasteiger charge is -2.39. The molecule has 0 unspecified atom stereocenters. The molecule has 32 heavy (non-hydrogen) atoms. The Bertz CT molecular complexity index is 1110. The number of carbonyl (C=O) groups excluding carboxylic acids is 1. The summed E-state index contributed by atoms with van der Waals surface area (Å²) in [5.74, 6) is 0.0463. The van der Waals surface area contributed by atoms with Gasteiger partial charge in [-0.15, -0.1) is 0 Å². The fraction of sp³-hybridized carbons (Fsp3) is 0.250. The van der Waals surface area contributed by atoms with Gasteiger partial charge in [0.05, 0.1) is 5.56 Å². The van der Waals surface area contributed by atoms with Crippen molar-refractivity contribution in [2.45, 2.75) is 25.3 Å². The Hall–Kier alpha value is -2.94. The van der Waals surface area contributed by atoms with Gasteiger partial charge in [0.25, 0.3) is 5.91 Å². The van der Waals surface area contributed by atoms with Crippen molar-refractivity contribution in [3.05, 3.63) is 83.3 Å². The van der Waals surface area contributed by atoms with E-state index in [2.05, 4.69) is 10.3 Å². The predicted octanol–water partition coefficient (Wildman–Crippen LogP) is 5.03.